The second-order valence-corrected chi connectivity index (χ2v) is 6.16. The first kappa shape index (κ1) is 20.4. The van der Waals surface area contributed by atoms with Crippen LogP contribution in [0.15, 0.2) is 46.0 Å². The number of carbonyl (C=O) groups is 2. The maximum absolute atomic E-state index is 12.8. The van der Waals surface area contributed by atoms with Crippen LogP contribution in [0.25, 0.3) is 0 Å². The predicted octanol–water partition coefficient (Wildman–Crippen LogP) is 3.17. The molecule has 0 fully saturated rings. The van der Waals surface area contributed by atoms with E-state index in [2.05, 4.69) is 31.8 Å². The van der Waals surface area contributed by atoms with Crippen LogP contribution < -0.4 is 15.5 Å². The van der Waals surface area contributed by atoms with Gasteiger partial charge in [0.25, 0.3) is 0 Å². The smallest absolute Gasteiger partial charge is 0.249 e. The molecule has 0 aliphatic rings. The summed E-state index contributed by atoms with van der Waals surface area (Å²) in [6, 6.07) is 8.33. The fraction of sp³-hybridized carbons (Fsp3) is 0.167. The highest BCUT2D eigenvalue weighted by atomic mass is 79.9. The molecule has 2 rings (SSSR count). The molecule has 0 heterocycles. The lowest BCUT2D eigenvalue weighted by atomic mass is 10.2. The Morgan fingerprint density at radius 2 is 1.96 bits per heavy atom. The first-order valence-corrected chi connectivity index (χ1v) is 8.71. The number of hydrogen-bond acceptors (Lipinski definition) is 5. The van der Waals surface area contributed by atoms with Gasteiger partial charge in [0.15, 0.2) is 11.5 Å². The number of hydrazone groups is 1. The number of hydrogen-bond donors (Lipinski definition) is 3. The highest BCUT2D eigenvalue weighted by Crippen LogP contribution is 2.35. The van der Waals surface area contributed by atoms with Gasteiger partial charge in [-0.2, -0.15) is 5.10 Å². The lowest BCUT2D eigenvalue weighted by molar-refractivity contribution is -0.126. The van der Waals surface area contributed by atoms with E-state index >= 15 is 0 Å². The summed E-state index contributed by atoms with van der Waals surface area (Å²) in [5.74, 6) is -1.35. The molecule has 0 aliphatic heterocycles. The predicted molar refractivity (Wildman–Crippen MR) is 102 cm³/mol. The SMILES string of the molecule is CCOc1cc(/C=N/NC(=O)CC(=O)Nc2ccc(F)cc2)cc(Br)c1O. The van der Waals surface area contributed by atoms with Crippen LogP contribution in [-0.4, -0.2) is 29.7 Å². The van der Waals surface area contributed by atoms with Crippen LogP contribution in [0, 0.1) is 5.82 Å². The number of phenolic OH excluding ortho intramolecular Hbond substituents is 1. The van der Waals surface area contributed by atoms with Gasteiger partial charge in [-0.1, -0.05) is 0 Å². The lowest BCUT2D eigenvalue weighted by Crippen LogP contribution is -2.24. The number of rotatable bonds is 7. The van der Waals surface area contributed by atoms with E-state index in [1.54, 1.807) is 19.1 Å². The minimum absolute atomic E-state index is 0.0319. The fourth-order valence-corrected chi connectivity index (χ4v) is 2.50. The molecule has 142 valence electrons. The van der Waals surface area contributed by atoms with E-state index in [-0.39, 0.29) is 11.5 Å². The average Bonchev–Trinajstić information content (AvgIpc) is 2.61. The normalized spacial score (nSPS) is 10.6. The molecule has 27 heavy (non-hydrogen) atoms. The van der Waals surface area contributed by atoms with Crippen molar-refractivity contribution in [2.45, 2.75) is 13.3 Å². The first-order chi connectivity index (χ1) is 12.9. The summed E-state index contributed by atoms with van der Waals surface area (Å²) in [5.41, 5.74) is 3.19. The van der Waals surface area contributed by atoms with E-state index in [1.807, 2.05) is 0 Å². The quantitative estimate of drug-likeness (QED) is 0.351. The second-order valence-electron chi connectivity index (χ2n) is 5.31. The summed E-state index contributed by atoms with van der Waals surface area (Å²) in [6.07, 6.45) is 0.903. The van der Waals surface area contributed by atoms with Gasteiger partial charge in [-0.25, -0.2) is 9.82 Å². The summed E-state index contributed by atoms with van der Waals surface area (Å²) in [6.45, 7) is 2.16. The first-order valence-electron chi connectivity index (χ1n) is 7.91. The van der Waals surface area contributed by atoms with Crippen molar-refractivity contribution in [1.82, 2.24) is 5.43 Å². The number of halogens is 2. The van der Waals surface area contributed by atoms with Crippen LogP contribution >= 0.6 is 15.9 Å². The molecule has 7 nitrogen and oxygen atoms in total. The fourth-order valence-electron chi connectivity index (χ4n) is 2.04. The van der Waals surface area contributed by atoms with Crippen LogP contribution in [0.3, 0.4) is 0 Å². The Morgan fingerprint density at radius 3 is 2.63 bits per heavy atom. The minimum Gasteiger partial charge on any atom is -0.503 e. The van der Waals surface area contributed by atoms with Gasteiger partial charge in [-0.15, -0.1) is 0 Å². The third-order valence-corrected chi connectivity index (χ3v) is 3.81. The molecular formula is C18H17BrFN3O4. The summed E-state index contributed by atoms with van der Waals surface area (Å²) in [7, 11) is 0. The van der Waals surface area contributed by atoms with Crippen molar-refractivity contribution in [3.8, 4) is 11.5 Å². The van der Waals surface area contributed by atoms with Crippen LogP contribution in [0.4, 0.5) is 10.1 Å². The van der Waals surface area contributed by atoms with Gasteiger partial charge < -0.3 is 15.2 Å². The Balaban J connectivity index is 1.89. The van der Waals surface area contributed by atoms with Crippen LogP contribution in [0.1, 0.15) is 18.9 Å². The highest BCUT2D eigenvalue weighted by Gasteiger charge is 2.10. The van der Waals surface area contributed by atoms with Crippen molar-refractivity contribution in [3.63, 3.8) is 0 Å². The number of carbonyl (C=O) groups excluding carboxylic acids is 2. The van der Waals surface area contributed by atoms with Crippen molar-refractivity contribution < 1.29 is 23.8 Å². The van der Waals surface area contributed by atoms with Crippen molar-refractivity contribution >= 4 is 39.6 Å². The maximum atomic E-state index is 12.8. The van der Waals surface area contributed by atoms with Gasteiger partial charge in [0.05, 0.1) is 17.3 Å². The van der Waals surface area contributed by atoms with Crippen molar-refractivity contribution in [3.05, 3.63) is 52.3 Å². The highest BCUT2D eigenvalue weighted by molar-refractivity contribution is 9.10. The Morgan fingerprint density at radius 1 is 1.26 bits per heavy atom. The topological polar surface area (TPSA) is 100 Å². The maximum Gasteiger partial charge on any atom is 0.249 e. The molecule has 0 unspecified atom stereocenters. The van der Waals surface area contributed by atoms with E-state index in [4.69, 9.17) is 4.74 Å². The lowest BCUT2D eigenvalue weighted by Gasteiger charge is -2.08. The zero-order chi connectivity index (χ0) is 19.8. The Kier molecular flexibility index (Phi) is 7.30. The molecule has 0 saturated heterocycles. The summed E-state index contributed by atoms with van der Waals surface area (Å²) < 4.78 is 18.5. The monoisotopic (exact) mass is 437 g/mol. The van der Waals surface area contributed by atoms with Gasteiger partial charge in [0.2, 0.25) is 11.8 Å². The van der Waals surface area contributed by atoms with Gasteiger partial charge in [-0.3, -0.25) is 9.59 Å². The largest absolute Gasteiger partial charge is 0.503 e. The molecule has 2 aromatic carbocycles. The molecule has 2 amide bonds. The van der Waals surface area contributed by atoms with E-state index in [0.29, 0.717) is 22.3 Å². The molecule has 0 saturated carbocycles. The number of benzene rings is 2. The summed E-state index contributed by atoms with van der Waals surface area (Å²) in [4.78, 5) is 23.5. The molecule has 0 radical (unpaired) electrons. The van der Waals surface area contributed by atoms with Crippen molar-refractivity contribution in [2.75, 3.05) is 11.9 Å². The number of amides is 2. The Labute approximate surface area is 163 Å². The number of nitrogens with zero attached hydrogens (tertiary/aromatic N) is 1. The molecule has 0 spiro atoms. The van der Waals surface area contributed by atoms with Crippen LogP contribution in [0.2, 0.25) is 0 Å². The molecular weight excluding hydrogens is 421 g/mol. The Hall–Kier alpha value is -2.94. The standard InChI is InChI=1S/C18H17BrFN3O4/c1-2-27-15-8-11(7-14(19)18(15)26)10-21-23-17(25)9-16(24)22-13-5-3-12(20)4-6-13/h3-8,10,26H,2,9H2,1H3,(H,22,24)(H,23,25)/b21-10+. The van der Waals surface area contributed by atoms with Crippen LogP contribution in [-0.2, 0) is 9.59 Å². The van der Waals surface area contributed by atoms with Crippen molar-refractivity contribution in [1.29, 1.82) is 0 Å². The number of phenols is 1. The zero-order valence-corrected chi connectivity index (χ0v) is 15.9. The molecule has 0 atom stereocenters. The number of ether oxygens (including phenoxy) is 1. The van der Waals surface area contributed by atoms with Gasteiger partial charge >= 0.3 is 0 Å². The van der Waals surface area contributed by atoms with E-state index in [1.165, 1.54) is 30.5 Å². The zero-order valence-electron chi connectivity index (χ0n) is 14.3. The summed E-state index contributed by atoms with van der Waals surface area (Å²) in [5, 5.41) is 16.1. The van der Waals surface area contributed by atoms with Gasteiger partial charge in [0.1, 0.15) is 12.2 Å². The summed E-state index contributed by atoms with van der Waals surface area (Å²) >= 11 is 3.20. The molecule has 2 aromatic rings. The van der Waals surface area contributed by atoms with E-state index in [9.17, 15) is 19.1 Å². The van der Waals surface area contributed by atoms with Gasteiger partial charge in [0, 0.05) is 5.69 Å². The average molecular weight is 438 g/mol. The number of anilines is 1. The molecule has 9 heteroatoms. The molecule has 0 bridgehead atoms. The molecule has 0 aliphatic carbocycles. The van der Waals surface area contributed by atoms with Gasteiger partial charge in [-0.05, 0) is 64.8 Å². The van der Waals surface area contributed by atoms with E-state index < -0.39 is 24.1 Å². The Bertz CT molecular complexity index is 856. The van der Waals surface area contributed by atoms with Crippen LogP contribution in [0.5, 0.6) is 11.5 Å². The number of nitrogens with one attached hydrogen (secondary N) is 2. The molecule has 3 N–H and O–H groups in total. The van der Waals surface area contributed by atoms with E-state index in [0.717, 1.165) is 0 Å². The second kappa shape index (κ2) is 9.67. The number of aromatic hydroxyl groups is 1. The minimum atomic E-state index is -0.617. The van der Waals surface area contributed by atoms with Crippen molar-refractivity contribution in [2.24, 2.45) is 5.10 Å². The third-order valence-electron chi connectivity index (χ3n) is 3.20. The molecule has 0 aromatic heterocycles. The third kappa shape index (κ3) is 6.37.